The molecule has 0 aliphatic rings. The molecule has 1 atom stereocenters. The predicted octanol–water partition coefficient (Wildman–Crippen LogP) is 7.81. The minimum atomic E-state index is -0.854. The topological polar surface area (TPSA) is 51.0 Å². The van der Waals surface area contributed by atoms with Gasteiger partial charge in [0.05, 0.1) is 16.0 Å². The molecular weight excluding hydrogens is 409 g/mol. The third kappa shape index (κ3) is 5.72. The van der Waals surface area contributed by atoms with Crippen LogP contribution in [0.3, 0.4) is 0 Å². The summed E-state index contributed by atoms with van der Waals surface area (Å²) >= 11 is 11.9. The molecule has 0 radical (unpaired) electrons. The molecule has 0 fully saturated rings. The van der Waals surface area contributed by atoms with Crippen LogP contribution in [0.2, 0.25) is 10.0 Å². The molecule has 0 spiro atoms. The second-order valence-electron chi connectivity index (χ2n) is 6.17. The lowest BCUT2D eigenvalue weighted by Crippen LogP contribution is -2.20. The molecule has 0 saturated heterocycles. The summed E-state index contributed by atoms with van der Waals surface area (Å²) in [6.07, 6.45) is 3.21. The molecule has 2 aromatic carbocycles. The number of hydrogen-bond donors (Lipinski definition) is 0. The van der Waals surface area contributed by atoms with Crippen LogP contribution in [0, 0.1) is 17.6 Å². The Hall–Kier alpha value is -2.05. The molecule has 150 valence electrons. The van der Waals surface area contributed by atoms with E-state index < -0.39 is 17.6 Å². The quantitative estimate of drug-likeness (QED) is 0.244. The molecule has 1 unspecified atom stereocenters. The Labute approximate surface area is 172 Å². The van der Waals surface area contributed by atoms with E-state index in [4.69, 9.17) is 27.9 Å². The van der Waals surface area contributed by atoms with Crippen molar-refractivity contribution in [2.45, 2.75) is 39.5 Å². The maximum Gasteiger partial charge on any atom is 0.314 e. The van der Waals surface area contributed by atoms with Gasteiger partial charge in [-0.05, 0) is 25.0 Å². The molecule has 0 bridgehead atoms. The van der Waals surface area contributed by atoms with Crippen molar-refractivity contribution in [1.82, 2.24) is 0 Å². The summed E-state index contributed by atoms with van der Waals surface area (Å²) in [4.78, 5) is 12.3. The van der Waals surface area contributed by atoms with Crippen molar-refractivity contribution in [1.29, 1.82) is 0 Å². The van der Waals surface area contributed by atoms with Crippen molar-refractivity contribution >= 4 is 40.5 Å². The van der Waals surface area contributed by atoms with Gasteiger partial charge in [0, 0.05) is 12.1 Å². The van der Waals surface area contributed by atoms with Crippen molar-refractivity contribution < 1.29 is 18.3 Å². The van der Waals surface area contributed by atoms with E-state index >= 15 is 0 Å². The van der Waals surface area contributed by atoms with Crippen LogP contribution in [-0.2, 0) is 4.79 Å². The molecule has 0 aromatic heterocycles. The van der Waals surface area contributed by atoms with E-state index in [1.54, 1.807) is 0 Å². The maximum atomic E-state index is 14.4. The first-order valence-electron chi connectivity index (χ1n) is 8.93. The number of carbonyl (C=O) groups is 1. The SMILES string of the molecule is CCCCC(CC)C(=O)Oc1cc(F)c(N=Nc2c(F)cccc2Cl)c(Cl)c1. The predicted molar refractivity (Wildman–Crippen MR) is 106 cm³/mol. The van der Waals surface area contributed by atoms with E-state index in [1.165, 1.54) is 18.2 Å². The minimum absolute atomic E-state index is 0.0228. The number of esters is 1. The highest BCUT2D eigenvalue weighted by Gasteiger charge is 2.20. The van der Waals surface area contributed by atoms with Gasteiger partial charge in [0.2, 0.25) is 0 Å². The van der Waals surface area contributed by atoms with Crippen molar-refractivity contribution in [3.05, 3.63) is 52.0 Å². The van der Waals surface area contributed by atoms with Crippen molar-refractivity contribution in [2.24, 2.45) is 16.1 Å². The molecule has 0 N–H and O–H groups in total. The summed E-state index contributed by atoms with van der Waals surface area (Å²) in [5.74, 6) is -2.27. The van der Waals surface area contributed by atoms with E-state index in [9.17, 15) is 13.6 Å². The molecule has 0 saturated carbocycles. The van der Waals surface area contributed by atoms with E-state index in [2.05, 4.69) is 10.2 Å². The fourth-order valence-corrected chi connectivity index (χ4v) is 2.96. The first kappa shape index (κ1) is 22.2. The van der Waals surface area contributed by atoms with E-state index in [0.29, 0.717) is 12.8 Å². The maximum absolute atomic E-state index is 14.4. The number of halogens is 4. The fraction of sp³-hybridized carbons (Fsp3) is 0.350. The normalized spacial score (nSPS) is 12.4. The molecule has 4 nitrogen and oxygen atoms in total. The third-order valence-corrected chi connectivity index (χ3v) is 4.72. The number of hydrogen-bond acceptors (Lipinski definition) is 4. The van der Waals surface area contributed by atoms with Crippen LogP contribution in [0.4, 0.5) is 20.2 Å². The van der Waals surface area contributed by atoms with Gasteiger partial charge in [0.25, 0.3) is 0 Å². The van der Waals surface area contributed by atoms with Gasteiger partial charge in [-0.2, -0.15) is 0 Å². The smallest absolute Gasteiger partial charge is 0.314 e. The Morgan fingerprint density at radius 1 is 1.07 bits per heavy atom. The molecule has 0 aliphatic heterocycles. The second-order valence-corrected chi connectivity index (χ2v) is 6.99. The number of unbranched alkanes of at least 4 members (excludes halogenated alkanes) is 1. The highest BCUT2D eigenvalue weighted by molar-refractivity contribution is 6.33. The number of azo groups is 1. The van der Waals surface area contributed by atoms with E-state index in [-0.39, 0.29) is 33.1 Å². The van der Waals surface area contributed by atoms with E-state index in [0.717, 1.165) is 25.0 Å². The lowest BCUT2D eigenvalue weighted by molar-refractivity contribution is -0.139. The highest BCUT2D eigenvalue weighted by atomic mass is 35.5. The summed E-state index contributed by atoms with van der Waals surface area (Å²) in [5, 5.41) is 7.22. The molecule has 2 rings (SSSR count). The summed E-state index contributed by atoms with van der Waals surface area (Å²) in [6, 6.07) is 6.27. The Bertz CT molecular complexity index is 832. The summed E-state index contributed by atoms with van der Waals surface area (Å²) in [6.45, 7) is 3.93. The fourth-order valence-electron chi connectivity index (χ4n) is 2.52. The van der Waals surface area contributed by atoms with E-state index in [1.807, 2.05) is 13.8 Å². The Balaban J connectivity index is 2.21. The average Bonchev–Trinajstić information content (AvgIpc) is 2.63. The summed E-state index contributed by atoms with van der Waals surface area (Å²) in [7, 11) is 0. The van der Waals surface area contributed by atoms with Gasteiger partial charge in [0.1, 0.15) is 17.1 Å². The van der Waals surface area contributed by atoms with Gasteiger partial charge in [-0.1, -0.05) is 56.0 Å². The number of benzene rings is 2. The van der Waals surface area contributed by atoms with Gasteiger partial charge in [0.15, 0.2) is 11.6 Å². The third-order valence-electron chi connectivity index (χ3n) is 4.13. The van der Waals surface area contributed by atoms with Gasteiger partial charge in [-0.25, -0.2) is 8.78 Å². The average molecular weight is 429 g/mol. The van der Waals surface area contributed by atoms with Gasteiger partial charge >= 0.3 is 5.97 Å². The van der Waals surface area contributed by atoms with Gasteiger partial charge in [-0.15, -0.1) is 10.2 Å². The Kier molecular flexibility index (Phi) is 8.33. The van der Waals surface area contributed by atoms with Gasteiger partial charge in [-0.3, -0.25) is 4.79 Å². The molecular formula is C20H20Cl2F2N2O2. The molecule has 0 aliphatic carbocycles. The zero-order valence-corrected chi connectivity index (χ0v) is 17.0. The van der Waals surface area contributed by atoms with Crippen molar-refractivity contribution in [3.63, 3.8) is 0 Å². The van der Waals surface area contributed by atoms with Crippen LogP contribution in [0.15, 0.2) is 40.6 Å². The number of ether oxygens (including phenoxy) is 1. The minimum Gasteiger partial charge on any atom is -0.426 e. The second kappa shape index (κ2) is 10.5. The zero-order valence-electron chi connectivity index (χ0n) is 15.5. The lowest BCUT2D eigenvalue weighted by atomic mass is 10.00. The molecule has 28 heavy (non-hydrogen) atoms. The Morgan fingerprint density at radius 2 is 1.75 bits per heavy atom. The van der Waals surface area contributed by atoms with Crippen molar-refractivity contribution in [3.8, 4) is 5.75 Å². The number of carbonyl (C=O) groups excluding carboxylic acids is 1. The van der Waals surface area contributed by atoms with Crippen LogP contribution in [0.25, 0.3) is 0 Å². The molecule has 0 heterocycles. The van der Waals surface area contributed by atoms with Crippen LogP contribution in [0.1, 0.15) is 39.5 Å². The zero-order chi connectivity index (χ0) is 20.7. The summed E-state index contributed by atoms with van der Waals surface area (Å²) in [5.41, 5.74) is -0.532. The molecule has 8 heteroatoms. The van der Waals surface area contributed by atoms with Crippen LogP contribution < -0.4 is 4.74 Å². The molecule has 0 amide bonds. The Morgan fingerprint density at radius 3 is 2.32 bits per heavy atom. The van der Waals surface area contributed by atoms with Crippen LogP contribution in [-0.4, -0.2) is 5.97 Å². The first-order chi connectivity index (χ1) is 13.4. The number of rotatable bonds is 8. The number of nitrogens with zero attached hydrogens (tertiary/aromatic N) is 2. The first-order valence-corrected chi connectivity index (χ1v) is 9.69. The summed E-state index contributed by atoms with van der Waals surface area (Å²) < 4.78 is 33.4. The molecule has 2 aromatic rings. The van der Waals surface area contributed by atoms with Gasteiger partial charge < -0.3 is 4.74 Å². The monoisotopic (exact) mass is 428 g/mol. The van der Waals surface area contributed by atoms with Crippen molar-refractivity contribution in [2.75, 3.05) is 0 Å². The lowest BCUT2D eigenvalue weighted by Gasteiger charge is -2.14. The van der Waals surface area contributed by atoms with Crippen LogP contribution in [0.5, 0.6) is 5.75 Å². The highest BCUT2D eigenvalue weighted by Crippen LogP contribution is 2.36. The largest absolute Gasteiger partial charge is 0.426 e. The van der Waals surface area contributed by atoms with Crippen LogP contribution >= 0.6 is 23.2 Å². The standard InChI is InChI=1S/C20H20Cl2F2N2O2/c1-3-5-7-12(4-2)20(27)28-13-10-15(22)19(17(24)11-13)26-25-18-14(21)8-6-9-16(18)23/h6,8-12H,3-5,7H2,1-2H3.